The number of nitrogens with zero attached hydrogens (tertiary/aromatic N) is 2. The summed E-state index contributed by atoms with van der Waals surface area (Å²) in [7, 11) is 1.47. The number of nitro benzene ring substituents is 1. The lowest BCUT2D eigenvalue weighted by Crippen LogP contribution is -2.50. The van der Waals surface area contributed by atoms with Crippen LogP contribution in [0, 0.1) is 10.1 Å². The van der Waals surface area contributed by atoms with Crippen molar-refractivity contribution in [2.24, 2.45) is 0 Å². The highest BCUT2D eigenvalue weighted by atomic mass is 35.5. The Morgan fingerprint density at radius 2 is 2.04 bits per heavy atom. The predicted molar refractivity (Wildman–Crippen MR) is 94.7 cm³/mol. The number of carbonyl (C=O) groups excluding carboxylic acids is 2. The number of carbonyl (C=O) groups is 2. The van der Waals surface area contributed by atoms with Gasteiger partial charge in [0.2, 0.25) is 0 Å². The van der Waals surface area contributed by atoms with Gasteiger partial charge >= 0.3 is 0 Å². The van der Waals surface area contributed by atoms with E-state index in [1.165, 1.54) is 24.1 Å². The first-order valence-electron chi connectivity index (χ1n) is 7.65. The first-order valence-corrected chi connectivity index (χ1v) is 8.03. The van der Waals surface area contributed by atoms with Gasteiger partial charge in [-0.05, 0) is 24.3 Å². The van der Waals surface area contributed by atoms with Gasteiger partial charge in [0.1, 0.15) is 10.8 Å². The second-order valence-electron chi connectivity index (χ2n) is 5.53. The van der Waals surface area contributed by atoms with Crippen LogP contribution >= 0.6 is 11.6 Å². The van der Waals surface area contributed by atoms with Crippen molar-refractivity contribution in [2.45, 2.75) is 6.10 Å². The lowest BCUT2D eigenvalue weighted by atomic mass is 10.1. The molecule has 0 bridgehead atoms. The number of halogens is 1. The summed E-state index contributed by atoms with van der Waals surface area (Å²) in [4.78, 5) is 36.8. The second kappa shape index (κ2) is 7.01. The Morgan fingerprint density at radius 1 is 1.31 bits per heavy atom. The minimum Gasteiger partial charge on any atom is -0.477 e. The molecular formula is C17H14ClN3O5. The number of para-hydroxylation sites is 2. The number of anilines is 1. The zero-order valence-corrected chi connectivity index (χ0v) is 14.4. The van der Waals surface area contributed by atoms with Crippen molar-refractivity contribution < 1.29 is 19.2 Å². The van der Waals surface area contributed by atoms with Crippen LogP contribution in [0.1, 0.15) is 10.4 Å². The third-order valence-electron chi connectivity index (χ3n) is 3.95. The van der Waals surface area contributed by atoms with E-state index in [-0.39, 0.29) is 28.7 Å². The molecule has 0 spiro atoms. The van der Waals surface area contributed by atoms with Crippen molar-refractivity contribution in [1.29, 1.82) is 0 Å². The van der Waals surface area contributed by atoms with Gasteiger partial charge in [-0.3, -0.25) is 19.7 Å². The van der Waals surface area contributed by atoms with Crippen molar-refractivity contribution in [3.05, 3.63) is 63.2 Å². The monoisotopic (exact) mass is 375 g/mol. The number of nitrogens with one attached hydrogen (secondary N) is 1. The molecule has 1 heterocycles. The van der Waals surface area contributed by atoms with Crippen molar-refractivity contribution in [3.8, 4) is 5.75 Å². The molecule has 0 saturated heterocycles. The van der Waals surface area contributed by atoms with Crippen LogP contribution in [0.15, 0.2) is 42.5 Å². The van der Waals surface area contributed by atoms with E-state index in [2.05, 4.69) is 5.32 Å². The summed E-state index contributed by atoms with van der Waals surface area (Å²) in [6, 6.07) is 10.6. The van der Waals surface area contributed by atoms with Crippen LogP contribution < -0.4 is 15.0 Å². The summed E-state index contributed by atoms with van der Waals surface area (Å²) >= 11 is 5.81. The van der Waals surface area contributed by atoms with Crippen LogP contribution in [0.3, 0.4) is 0 Å². The molecule has 0 fully saturated rings. The number of ether oxygens (including phenoxy) is 1. The molecule has 0 aliphatic carbocycles. The van der Waals surface area contributed by atoms with Gasteiger partial charge in [0.15, 0.2) is 6.10 Å². The maximum atomic E-state index is 13.0. The lowest BCUT2D eigenvalue weighted by Gasteiger charge is -2.34. The van der Waals surface area contributed by atoms with Crippen LogP contribution in [0.2, 0.25) is 5.02 Å². The standard InChI is InChI=1S/C17H14ClN3O5/c1-19-16(22)15-9-20(12-4-2-3-5-14(12)26-15)17(23)10-6-7-11(18)13(8-10)21(24)25/h2-8,15H,9H2,1H3,(H,19,22). The number of nitro groups is 1. The highest BCUT2D eigenvalue weighted by Crippen LogP contribution is 2.35. The molecule has 8 nitrogen and oxygen atoms in total. The lowest BCUT2D eigenvalue weighted by molar-refractivity contribution is -0.384. The molecule has 9 heteroatoms. The van der Waals surface area contributed by atoms with Crippen LogP contribution in [-0.2, 0) is 4.79 Å². The molecule has 1 aliphatic rings. The maximum Gasteiger partial charge on any atom is 0.288 e. The number of rotatable bonds is 3. The van der Waals surface area contributed by atoms with Gasteiger partial charge in [0.05, 0.1) is 17.2 Å². The Bertz CT molecular complexity index is 902. The fourth-order valence-corrected chi connectivity index (χ4v) is 2.85. The molecular weight excluding hydrogens is 362 g/mol. The summed E-state index contributed by atoms with van der Waals surface area (Å²) in [5.74, 6) is -0.488. The van der Waals surface area contributed by atoms with Crippen molar-refractivity contribution >= 4 is 34.8 Å². The summed E-state index contributed by atoms with van der Waals surface area (Å²) in [5, 5.41) is 13.5. The summed E-state index contributed by atoms with van der Waals surface area (Å²) < 4.78 is 5.65. The summed E-state index contributed by atoms with van der Waals surface area (Å²) in [6.07, 6.45) is -0.888. The zero-order valence-electron chi connectivity index (χ0n) is 13.6. The number of fused-ring (bicyclic) bond motifs is 1. The maximum absolute atomic E-state index is 13.0. The fourth-order valence-electron chi connectivity index (χ4n) is 2.67. The van der Waals surface area contributed by atoms with Crippen LogP contribution in [0.25, 0.3) is 0 Å². The fraction of sp³-hybridized carbons (Fsp3) is 0.176. The number of amides is 2. The molecule has 2 aromatic rings. The Labute approximate surface area is 153 Å². The first kappa shape index (κ1) is 17.7. The van der Waals surface area contributed by atoms with Gasteiger partial charge < -0.3 is 15.0 Å². The average Bonchev–Trinajstić information content (AvgIpc) is 2.66. The van der Waals surface area contributed by atoms with E-state index < -0.39 is 16.9 Å². The zero-order chi connectivity index (χ0) is 18.8. The van der Waals surface area contributed by atoms with E-state index >= 15 is 0 Å². The van der Waals surface area contributed by atoms with E-state index in [1.807, 2.05) is 0 Å². The minimum absolute atomic E-state index is 0.0219. The van der Waals surface area contributed by atoms with E-state index in [0.29, 0.717) is 11.4 Å². The number of likely N-dealkylation sites (N-methyl/N-ethyl adjacent to an activating group) is 1. The normalized spacial score (nSPS) is 15.6. The molecule has 1 unspecified atom stereocenters. The third kappa shape index (κ3) is 3.18. The van der Waals surface area contributed by atoms with Crippen LogP contribution in [0.5, 0.6) is 5.75 Å². The smallest absolute Gasteiger partial charge is 0.288 e. The van der Waals surface area contributed by atoms with E-state index in [1.54, 1.807) is 24.3 Å². The molecule has 2 amide bonds. The Kier molecular flexibility index (Phi) is 4.77. The van der Waals surface area contributed by atoms with Crippen LogP contribution in [0.4, 0.5) is 11.4 Å². The highest BCUT2D eigenvalue weighted by molar-refractivity contribution is 6.32. The summed E-state index contributed by atoms with van der Waals surface area (Å²) in [6.45, 7) is -0.0219. The van der Waals surface area contributed by atoms with Gasteiger partial charge in [0.25, 0.3) is 17.5 Å². The molecule has 0 saturated carbocycles. The van der Waals surface area contributed by atoms with E-state index in [9.17, 15) is 19.7 Å². The Morgan fingerprint density at radius 3 is 2.73 bits per heavy atom. The van der Waals surface area contributed by atoms with Gasteiger partial charge in [-0.25, -0.2) is 0 Å². The molecule has 0 radical (unpaired) electrons. The topological polar surface area (TPSA) is 102 Å². The van der Waals surface area contributed by atoms with E-state index in [0.717, 1.165) is 6.07 Å². The van der Waals surface area contributed by atoms with Crippen molar-refractivity contribution in [1.82, 2.24) is 5.32 Å². The highest BCUT2D eigenvalue weighted by Gasteiger charge is 2.34. The molecule has 134 valence electrons. The number of hydrogen-bond acceptors (Lipinski definition) is 5. The number of benzene rings is 2. The number of hydrogen-bond donors (Lipinski definition) is 1. The van der Waals surface area contributed by atoms with Crippen molar-refractivity contribution in [3.63, 3.8) is 0 Å². The van der Waals surface area contributed by atoms with Gasteiger partial charge in [0, 0.05) is 18.7 Å². The van der Waals surface area contributed by atoms with Gasteiger partial charge in [-0.15, -0.1) is 0 Å². The largest absolute Gasteiger partial charge is 0.477 e. The van der Waals surface area contributed by atoms with Crippen molar-refractivity contribution in [2.75, 3.05) is 18.5 Å². The average molecular weight is 376 g/mol. The SMILES string of the molecule is CNC(=O)C1CN(C(=O)c2ccc(Cl)c([N+](=O)[O-])c2)c2ccccc2O1. The molecule has 2 aromatic carbocycles. The van der Waals surface area contributed by atoms with Gasteiger partial charge in [-0.2, -0.15) is 0 Å². The van der Waals surface area contributed by atoms with E-state index in [4.69, 9.17) is 16.3 Å². The van der Waals surface area contributed by atoms with Gasteiger partial charge in [-0.1, -0.05) is 23.7 Å². The Hall–Kier alpha value is -3.13. The third-order valence-corrected chi connectivity index (χ3v) is 4.27. The molecule has 3 rings (SSSR count). The molecule has 1 aliphatic heterocycles. The van der Waals surface area contributed by atoms with Crippen LogP contribution in [-0.4, -0.2) is 36.4 Å². The quantitative estimate of drug-likeness (QED) is 0.655. The summed E-state index contributed by atoms with van der Waals surface area (Å²) in [5.41, 5.74) is 0.214. The molecule has 0 aromatic heterocycles. The Balaban J connectivity index is 2.01. The molecule has 1 N–H and O–H groups in total. The molecule has 1 atom stereocenters. The second-order valence-corrected chi connectivity index (χ2v) is 5.93. The molecule has 26 heavy (non-hydrogen) atoms. The minimum atomic E-state index is -0.888. The first-order chi connectivity index (χ1) is 12.4. The predicted octanol–water partition coefficient (Wildman–Crippen LogP) is 2.40.